The van der Waals surface area contributed by atoms with Crippen molar-refractivity contribution in [2.75, 3.05) is 13.2 Å². The summed E-state index contributed by atoms with van der Waals surface area (Å²) in [4.78, 5) is 38.1. The molecule has 62 heavy (non-hydrogen) atoms. The van der Waals surface area contributed by atoms with Gasteiger partial charge in [-0.3, -0.25) is 14.4 Å². The van der Waals surface area contributed by atoms with E-state index in [-0.39, 0.29) is 31.1 Å². The second-order valence-corrected chi connectivity index (χ2v) is 19.9. The fourth-order valence-corrected chi connectivity index (χ4v) is 8.49. The van der Waals surface area contributed by atoms with Gasteiger partial charge in [-0.25, -0.2) is 0 Å². The van der Waals surface area contributed by atoms with Crippen molar-refractivity contribution in [3.8, 4) is 0 Å². The number of rotatable bonds is 50. The van der Waals surface area contributed by atoms with E-state index in [4.69, 9.17) is 14.2 Å². The Bertz CT molecular complexity index is 949. The summed E-state index contributed by atoms with van der Waals surface area (Å²) in [5.74, 6) is 0.858. The zero-order valence-corrected chi connectivity index (χ0v) is 42.5. The number of hydrogen-bond acceptors (Lipinski definition) is 6. The summed E-state index contributed by atoms with van der Waals surface area (Å²) in [6.45, 7) is 11.4. The van der Waals surface area contributed by atoms with Crippen molar-refractivity contribution in [2.24, 2.45) is 11.8 Å². The van der Waals surface area contributed by atoms with Crippen molar-refractivity contribution in [3.05, 3.63) is 0 Å². The lowest BCUT2D eigenvalue weighted by atomic mass is 9.99. The predicted molar refractivity (Wildman–Crippen MR) is 266 cm³/mol. The molecule has 0 saturated heterocycles. The van der Waals surface area contributed by atoms with Crippen LogP contribution in [0.1, 0.15) is 311 Å². The first kappa shape index (κ1) is 60.4. The molecule has 368 valence electrons. The van der Waals surface area contributed by atoms with Crippen molar-refractivity contribution in [1.82, 2.24) is 0 Å². The monoisotopic (exact) mass is 877 g/mol. The quantitative estimate of drug-likeness (QED) is 0.0344. The van der Waals surface area contributed by atoms with Gasteiger partial charge in [0.2, 0.25) is 0 Å². The maximum atomic E-state index is 12.8. The average Bonchev–Trinajstić information content (AvgIpc) is 3.26. The van der Waals surface area contributed by atoms with Gasteiger partial charge in [0.15, 0.2) is 6.10 Å². The SMILES string of the molecule is CCCCCCCCCCCCCCCCCC(=O)OC[C@H](COC(=O)CCCCCCCCCCCCCCC(C)C)OC(=O)CCCCCCCCCCCCC(C)CC. The summed E-state index contributed by atoms with van der Waals surface area (Å²) >= 11 is 0. The van der Waals surface area contributed by atoms with Gasteiger partial charge in [-0.15, -0.1) is 0 Å². The van der Waals surface area contributed by atoms with Gasteiger partial charge in [-0.2, -0.15) is 0 Å². The van der Waals surface area contributed by atoms with Crippen molar-refractivity contribution < 1.29 is 28.6 Å². The second-order valence-electron chi connectivity index (χ2n) is 19.9. The Balaban J connectivity index is 4.32. The molecule has 0 fully saturated rings. The first-order chi connectivity index (χ1) is 30.3. The highest BCUT2D eigenvalue weighted by molar-refractivity contribution is 5.71. The van der Waals surface area contributed by atoms with Gasteiger partial charge in [0.25, 0.3) is 0 Å². The molecule has 0 saturated carbocycles. The molecule has 0 spiro atoms. The molecule has 2 atom stereocenters. The van der Waals surface area contributed by atoms with Crippen LogP contribution < -0.4 is 0 Å². The molecule has 0 aliphatic carbocycles. The Morgan fingerprint density at radius 2 is 0.613 bits per heavy atom. The summed E-state index contributed by atoms with van der Waals surface area (Å²) in [5.41, 5.74) is 0. The highest BCUT2D eigenvalue weighted by atomic mass is 16.6. The third-order valence-corrected chi connectivity index (χ3v) is 13.1. The highest BCUT2D eigenvalue weighted by Crippen LogP contribution is 2.18. The lowest BCUT2D eigenvalue weighted by Crippen LogP contribution is -2.30. The minimum absolute atomic E-state index is 0.0631. The van der Waals surface area contributed by atoms with Gasteiger partial charge >= 0.3 is 17.9 Å². The molecule has 0 aromatic heterocycles. The van der Waals surface area contributed by atoms with Crippen molar-refractivity contribution in [1.29, 1.82) is 0 Å². The van der Waals surface area contributed by atoms with Crippen LogP contribution in [-0.2, 0) is 28.6 Å². The summed E-state index contributed by atoms with van der Waals surface area (Å²) in [5, 5.41) is 0. The highest BCUT2D eigenvalue weighted by Gasteiger charge is 2.19. The van der Waals surface area contributed by atoms with Crippen LogP contribution in [0.4, 0.5) is 0 Å². The summed E-state index contributed by atoms with van der Waals surface area (Å²) in [6, 6.07) is 0. The molecule has 0 amide bonds. The fraction of sp³-hybridized carbons (Fsp3) is 0.946. The van der Waals surface area contributed by atoms with E-state index in [1.807, 2.05) is 0 Å². The molecule has 0 aromatic carbocycles. The molecule has 1 unspecified atom stereocenters. The van der Waals surface area contributed by atoms with Gasteiger partial charge in [0.1, 0.15) is 13.2 Å². The normalized spacial score (nSPS) is 12.5. The molecule has 0 heterocycles. The van der Waals surface area contributed by atoms with Crippen molar-refractivity contribution in [2.45, 2.75) is 317 Å². The Morgan fingerprint density at radius 3 is 0.919 bits per heavy atom. The van der Waals surface area contributed by atoms with Crippen LogP contribution in [0.3, 0.4) is 0 Å². The predicted octanol–water partition coefficient (Wildman–Crippen LogP) is 18.1. The van der Waals surface area contributed by atoms with Gasteiger partial charge < -0.3 is 14.2 Å². The lowest BCUT2D eigenvalue weighted by molar-refractivity contribution is -0.167. The number of hydrogen-bond donors (Lipinski definition) is 0. The molecule has 0 rings (SSSR count). The molecule has 0 bridgehead atoms. The van der Waals surface area contributed by atoms with Crippen molar-refractivity contribution in [3.63, 3.8) is 0 Å². The van der Waals surface area contributed by atoms with E-state index in [2.05, 4.69) is 34.6 Å². The van der Waals surface area contributed by atoms with Crippen LogP contribution in [0, 0.1) is 11.8 Å². The number of unbranched alkanes of at least 4 members (excludes halogenated alkanes) is 34. The number of carbonyl (C=O) groups is 3. The van der Waals surface area contributed by atoms with Crippen LogP contribution in [0.2, 0.25) is 0 Å². The lowest BCUT2D eigenvalue weighted by Gasteiger charge is -2.18. The number of esters is 3. The van der Waals surface area contributed by atoms with E-state index in [1.165, 1.54) is 199 Å². The Hall–Kier alpha value is -1.59. The van der Waals surface area contributed by atoms with E-state index in [0.717, 1.165) is 69.6 Å². The standard InChI is InChI=1S/C56H108O6/c1-6-8-9-10-11-12-13-14-15-16-20-26-31-36-41-46-54(57)60-49-53(62-56(59)48-43-38-33-28-23-22-25-30-35-40-45-52(5)7-2)50-61-55(58)47-42-37-32-27-21-18-17-19-24-29-34-39-44-51(3)4/h51-53H,6-50H2,1-5H3/t52?,53-/m1/s1. The third kappa shape index (κ3) is 47.9. The van der Waals surface area contributed by atoms with Crippen LogP contribution in [0.5, 0.6) is 0 Å². The minimum Gasteiger partial charge on any atom is -0.462 e. The van der Waals surface area contributed by atoms with Gasteiger partial charge in [-0.05, 0) is 31.1 Å². The zero-order chi connectivity index (χ0) is 45.4. The van der Waals surface area contributed by atoms with Gasteiger partial charge in [0, 0.05) is 19.3 Å². The molecule has 0 N–H and O–H groups in total. The molecule has 6 nitrogen and oxygen atoms in total. The van der Waals surface area contributed by atoms with E-state index in [1.54, 1.807) is 0 Å². The average molecular weight is 877 g/mol. The topological polar surface area (TPSA) is 78.9 Å². The largest absolute Gasteiger partial charge is 0.462 e. The zero-order valence-electron chi connectivity index (χ0n) is 42.5. The van der Waals surface area contributed by atoms with Crippen molar-refractivity contribution >= 4 is 17.9 Å². The van der Waals surface area contributed by atoms with E-state index >= 15 is 0 Å². The van der Waals surface area contributed by atoms with E-state index < -0.39 is 6.10 Å². The van der Waals surface area contributed by atoms with E-state index in [9.17, 15) is 14.4 Å². The molecule has 0 aliphatic heterocycles. The number of ether oxygens (including phenoxy) is 3. The Kier molecular flexibility index (Phi) is 47.6. The fourth-order valence-electron chi connectivity index (χ4n) is 8.49. The summed E-state index contributed by atoms with van der Waals surface area (Å²) in [6.07, 6.45) is 50.8. The summed E-state index contributed by atoms with van der Waals surface area (Å²) < 4.78 is 16.9. The smallest absolute Gasteiger partial charge is 0.306 e. The second kappa shape index (κ2) is 48.9. The van der Waals surface area contributed by atoms with Crippen LogP contribution in [0.25, 0.3) is 0 Å². The molecule has 0 aliphatic rings. The molecule has 6 heteroatoms. The number of carbonyl (C=O) groups excluding carboxylic acids is 3. The maximum Gasteiger partial charge on any atom is 0.306 e. The molecular weight excluding hydrogens is 769 g/mol. The van der Waals surface area contributed by atoms with Crippen LogP contribution in [-0.4, -0.2) is 37.2 Å². The molecular formula is C56H108O6. The summed E-state index contributed by atoms with van der Waals surface area (Å²) in [7, 11) is 0. The Labute approximate surface area is 387 Å². The maximum absolute atomic E-state index is 12.8. The first-order valence-corrected chi connectivity index (χ1v) is 27.8. The minimum atomic E-state index is -0.762. The van der Waals surface area contributed by atoms with Crippen LogP contribution in [0.15, 0.2) is 0 Å². The molecule has 0 radical (unpaired) electrons. The van der Waals surface area contributed by atoms with Gasteiger partial charge in [-0.1, -0.05) is 272 Å². The Morgan fingerprint density at radius 1 is 0.339 bits per heavy atom. The molecule has 0 aromatic rings. The van der Waals surface area contributed by atoms with Gasteiger partial charge in [0.05, 0.1) is 0 Å². The first-order valence-electron chi connectivity index (χ1n) is 27.8. The van der Waals surface area contributed by atoms with E-state index in [0.29, 0.717) is 19.3 Å². The third-order valence-electron chi connectivity index (χ3n) is 13.1. The van der Waals surface area contributed by atoms with Crippen LogP contribution >= 0.6 is 0 Å².